The third kappa shape index (κ3) is 4.06. The van der Waals surface area contributed by atoms with Gasteiger partial charge in [-0.15, -0.1) is 0 Å². The molecular weight excluding hydrogens is 323 g/mol. The molecule has 0 bridgehead atoms. The second-order valence-corrected chi connectivity index (χ2v) is 5.50. The Morgan fingerprint density at radius 3 is 2.64 bits per heavy atom. The van der Waals surface area contributed by atoms with Gasteiger partial charge in [-0.3, -0.25) is 0 Å². The molecule has 22 heavy (non-hydrogen) atoms. The van der Waals surface area contributed by atoms with Crippen LogP contribution >= 0.6 is 23.2 Å². The first-order valence-corrected chi connectivity index (χ1v) is 7.42. The summed E-state index contributed by atoms with van der Waals surface area (Å²) in [7, 11) is 0. The van der Waals surface area contributed by atoms with E-state index in [0.717, 1.165) is 16.9 Å². The maximum Gasteiger partial charge on any atom is 0.321 e. The first-order valence-electron chi connectivity index (χ1n) is 6.67. The highest BCUT2D eigenvalue weighted by molar-refractivity contribution is 6.43. The zero-order valence-electron chi connectivity index (χ0n) is 12.2. The number of anilines is 1. The van der Waals surface area contributed by atoms with Crippen molar-refractivity contribution in [3.63, 3.8) is 0 Å². The zero-order chi connectivity index (χ0) is 16.1. The Labute approximate surface area is 139 Å². The molecule has 0 aliphatic rings. The van der Waals surface area contributed by atoms with E-state index in [1.165, 1.54) is 0 Å². The molecule has 6 heteroatoms. The van der Waals surface area contributed by atoms with E-state index in [9.17, 15) is 4.79 Å². The predicted octanol–water partition coefficient (Wildman–Crippen LogP) is 4.77. The van der Waals surface area contributed by atoms with Gasteiger partial charge < -0.3 is 15.4 Å². The summed E-state index contributed by atoms with van der Waals surface area (Å²) in [6, 6.07) is 10.4. The predicted molar refractivity (Wildman–Crippen MR) is 90.0 cm³/mol. The fourth-order valence-electron chi connectivity index (χ4n) is 1.83. The molecule has 0 heterocycles. The number of rotatable bonds is 4. The van der Waals surface area contributed by atoms with Crippen molar-refractivity contribution in [2.24, 2.45) is 0 Å². The molecule has 2 rings (SSSR count). The summed E-state index contributed by atoms with van der Waals surface area (Å²) < 4.78 is 5.55. The summed E-state index contributed by atoms with van der Waals surface area (Å²) in [5, 5.41) is 5.90. The highest BCUT2D eigenvalue weighted by Crippen LogP contribution is 2.29. The van der Waals surface area contributed by atoms with Crippen LogP contribution in [0.3, 0.4) is 0 Å². The molecule has 4 nitrogen and oxygen atoms in total. The van der Waals surface area contributed by atoms with Crippen LogP contribution < -0.4 is 15.4 Å². The standard InChI is InChI=1S/C16H16Cl2N2O2/c1-10-5-3-8-14(11(10)2)22-9-19-16(21)20-13-7-4-6-12(17)15(13)18/h3-8H,9H2,1-2H3,(H2,19,20,21). The van der Waals surface area contributed by atoms with Crippen molar-refractivity contribution < 1.29 is 9.53 Å². The Morgan fingerprint density at radius 2 is 1.86 bits per heavy atom. The average Bonchev–Trinajstić information content (AvgIpc) is 2.48. The normalized spacial score (nSPS) is 10.2. The van der Waals surface area contributed by atoms with Crippen LogP contribution in [0.1, 0.15) is 11.1 Å². The number of urea groups is 1. The number of amides is 2. The molecule has 0 aliphatic carbocycles. The molecule has 2 aromatic carbocycles. The second-order valence-electron chi connectivity index (χ2n) is 4.72. The molecule has 0 saturated heterocycles. The summed E-state index contributed by atoms with van der Waals surface area (Å²) >= 11 is 11.9. The molecule has 2 N–H and O–H groups in total. The third-order valence-corrected chi connectivity index (χ3v) is 4.03. The van der Waals surface area contributed by atoms with E-state index in [1.54, 1.807) is 18.2 Å². The minimum absolute atomic E-state index is 0.0499. The SMILES string of the molecule is Cc1cccc(OCNC(=O)Nc2cccc(Cl)c2Cl)c1C. The van der Waals surface area contributed by atoms with Gasteiger partial charge in [-0.25, -0.2) is 4.79 Å². The molecule has 0 unspecified atom stereocenters. The number of hydrogen-bond acceptors (Lipinski definition) is 2. The molecule has 2 amide bonds. The van der Waals surface area contributed by atoms with Gasteiger partial charge in [0.15, 0.2) is 6.73 Å². The number of carbonyl (C=O) groups is 1. The topological polar surface area (TPSA) is 50.4 Å². The van der Waals surface area contributed by atoms with Crippen molar-refractivity contribution in [3.05, 3.63) is 57.6 Å². The van der Waals surface area contributed by atoms with Crippen LogP contribution in [0.15, 0.2) is 36.4 Å². The first-order chi connectivity index (χ1) is 10.5. The van der Waals surface area contributed by atoms with Crippen molar-refractivity contribution in [2.45, 2.75) is 13.8 Å². The average molecular weight is 339 g/mol. The minimum Gasteiger partial charge on any atom is -0.473 e. The quantitative estimate of drug-likeness (QED) is 0.789. The first kappa shape index (κ1) is 16.5. The Hall–Kier alpha value is -1.91. The number of carbonyl (C=O) groups excluding carboxylic acids is 1. The van der Waals surface area contributed by atoms with Gasteiger partial charge in [-0.05, 0) is 43.2 Å². The molecule has 0 radical (unpaired) electrons. The van der Waals surface area contributed by atoms with E-state index < -0.39 is 6.03 Å². The maximum absolute atomic E-state index is 11.8. The lowest BCUT2D eigenvalue weighted by atomic mass is 10.1. The summed E-state index contributed by atoms with van der Waals surface area (Å²) in [5.74, 6) is 0.737. The van der Waals surface area contributed by atoms with Gasteiger partial charge in [-0.2, -0.15) is 0 Å². The van der Waals surface area contributed by atoms with E-state index in [4.69, 9.17) is 27.9 Å². The van der Waals surface area contributed by atoms with Gasteiger partial charge in [0.1, 0.15) is 5.75 Å². The van der Waals surface area contributed by atoms with Gasteiger partial charge in [-0.1, -0.05) is 41.4 Å². The fraction of sp³-hybridized carbons (Fsp3) is 0.188. The van der Waals surface area contributed by atoms with Crippen LogP contribution in [0.4, 0.5) is 10.5 Å². The van der Waals surface area contributed by atoms with Gasteiger partial charge in [0.2, 0.25) is 0 Å². The van der Waals surface area contributed by atoms with E-state index in [2.05, 4.69) is 10.6 Å². The second kappa shape index (κ2) is 7.38. The van der Waals surface area contributed by atoms with E-state index >= 15 is 0 Å². The van der Waals surface area contributed by atoms with Crippen molar-refractivity contribution in [1.82, 2.24) is 5.32 Å². The van der Waals surface area contributed by atoms with E-state index in [0.29, 0.717) is 15.7 Å². The Bertz CT molecular complexity index is 690. The number of nitrogens with one attached hydrogen (secondary N) is 2. The molecule has 0 spiro atoms. The molecule has 0 aliphatic heterocycles. The number of aryl methyl sites for hydroxylation is 1. The lowest BCUT2D eigenvalue weighted by molar-refractivity contribution is 0.234. The summed E-state index contributed by atoms with van der Waals surface area (Å²) in [4.78, 5) is 11.8. The summed E-state index contributed by atoms with van der Waals surface area (Å²) in [6.45, 7) is 4.02. The lowest BCUT2D eigenvalue weighted by Crippen LogP contribution is -2.32. The van der Waals surface area contributed by atoms with E-state index in [1.807, 2.05) is 32.0 Å². The van der Waals surface area contributed by atoms with Gasteiger partial charge in [0.25, 0.3) is 0 Å². The molecule has 2 aromatic rings. The molecule has 0 saturated carbocycles. The molecule has 116 valence electrons. The monoisotopic (exact) mass is 338 g/mol. The van der Waals surface area contributed by atoms with Crippen LogP contribution in [-0.2, 0) is 0 Å². The van der Waals surface area contributed by atoms with Crippen molar-refractivity contribution >= 4 is 34.9 Å². The van der Waals surface area contributed by atoms with Crippen molar-refractivity contribution in [2.75, 3.05) is 12.0 Å². The number of hydrogen-bond donors (Lipinski definition) is 2. The van der Waals surface area contributed by atoms with Crippen LogP contribution in [0.2, 0.25) is 10.0 Å². The molecular formula is C16H16Cl2N2O2. The molecule has 0 atom stereocenters. The van der Waals surface area contributed by atoms with Crippen LogP contribution in [0.5, 0.6) is 5.75 Å². The Morgan fingerprint density at radius 1 is 1.14 bits per heavy atom. The highest BCUT2D eigenvalue weighted by atomic mass is 35.5. The number of halogens is 2. The molecule has 0 aromatic heterocycles. The fourth-order valence-corrected chi connectivity index (χ4v) is 2.17. The van der Waals surface area contributed by atoms with Crippen LogP contribution in [-0.4, -0.2) is 12.8 Å². The van der Waals surface area contributed by atoms with Crippen molar-refractivity contribution in [1.29, 1.82) is 0 Å². The highest BCUT2D eigenvalue weighted by Gasteiger charge is 2.08. The largest absolute Gasteiger partial charge is 0.473 e. The number of ether oxygens (including phenoxy) is 1. The number of benzene rings is 2. The molecule has 0 fully saturated rings. The Balaban J connectivity index is 1.88. The lowest BCUT2D eigenvalue weighted by Gasteiger charge is -2.13. The van der Waals surface area contributed by atoms with Crippen LogP contribution in [0.25, 0.3) is 0 Å². The van der Waals surface area contributed by atoms with E-state index in [-0.39, 0.29) is 6.73 Å². The summed E-state index contributed by atoms with van der Waals surface area (Å²) in [5.41, 5.74) is 2.62. The minimum atomic E-state index is -0.422. The smallest absolute Gasteiger partial charge is 0.321 e. The third-order valence-electron chi connectivity index (χ3n) is 3.22. The van der Waals surface area contributed by atoms with Crippen molar-refractivity contribution in [3.8, 4) is 5.75 Å². The van der Waals surface area contributed by atoms with Gasteiger partial charge >= 0.3 is 6.03 Å². The summed E-state index contributed by atoms with van der Waals surface area (Å²) in [6.07, 6.45) is 0. The van der Waals surface area contributed by atoms with Gasteiger partial charge in [0.05, 0.1) is 15.7 Å². The van der Waals surface area contributed by atoms with Gasteiger partial charge in [0, 0.05) is 0 Å². The Kier molecular flexibility index (Phi) is 5.52. The van der Waals surface area contributed by atoms with Crippen LogP contribution in [0, 0.1) is 13.8 Å². The zero-order valence-corrected chi connectivity index (χ0v) is 13.8. The maximum atomic E-state index is 11.8.